The summed E-state index contributed by atoms with van der Waals surface area (Å²) in [5.41, 5.74) is 0.447. The zero-order chi connectivity index (χ0) is 25.9. The zero-order valence-electron chi connectivity index (χ0n) is 20.4. The monoisotopic (exact) mass is 485 g/mol. The van der Waals surface area contributed by atoms with Gasteiger partial charge >= 0.3 is 0 Å². The summed E-state index contributed by atoms with van der Waals surface area (Å²) >= 11 is 0. The number of hydrogen-bond acceptors (Lipinski definition) is 6. The van der Waals surface area contributed by atoms with Gasteiger partial charge in [-0.1, -0.05) is 30.3 Å². The van der Waals surface area contributed by atoms with Crippen molar-refractivity contribution in [3.8, 4) is 11.8 Å². The lowest BCUT2D eigenvalue weighted by Gasteiger charge is -2.25. The number of rotatable bonds is 6. The van der Waals surface area contributed by atoms with Crippen LogP contribution in [-0.2, 0) is 9.59 Å². The number of hydrogen-bond donors (Lipinski definition) is 1. The third-order valence-corrected chi connectivity index (χ3v) is 6.43. The van der Waals surface area contributed by atoms with Gasteiger partial charge in [0.2, 0.25) is 11.8 Å². The van der Waals surface area contributed by atoms with Gasteiger partial charge in [0.25, 0.3) is 5.91 Å². The maximum atomic E-state index is 13.2. The SMILES string of the molecule is COc1cc(C(=O)N(C)CC(=O)N2CC(C)(C(=O)Nc3ccccc3)CC2C#N)nc2ccccc12. The Labute approximate surface area is 209 Å². The zero-order valence-corrected chi connectivity index (χ0v) is 20.4. The van der Waals surface area contributed by atoms with Crippen molar-refractivity contribution in [3.63, 3.8) is 0 Å². The summed E-state index contributed by atoms with van der Waals surface area (Å²) in [4.78, 5) is 46.3. The van der Waals surface area contributed by atoms with Gasteiger partial charge in [-0.15, -0.1) is 0 Å². The summed E-state index contributed by atoms with van der Waals surface area (Å²) in [6.07, 6.45) is 0.203. The van der Waals surface area contributed by atoms with Crippen molar-refractivity contribution >= 4 is 34.3 Å². The first-order valence-corrected chi connectivity index (χ1v) is 11.5. The molecule has 3 amide bonds. The summed E-state index contributed by atoms with van der Waals surface area (Å²) < 4.78 is 5.42. The highest BCUT2D eigenvalue weighted by Crippen LogP contribution is 2.36. The van der Waals surface area contributed by atoms with E-state index in [1.807, 2.05) is 36.4 Å². The second-order valence-electron chi connectivity index (χ2n) is 9.14. The lowest BCUT2D eigenvalue weighted by Crippen LogP contribution is -2.44. The number of pyridine rings is 1. The molecule has 36 heavy (non-hydrogen) atoms. The van der Waals surface area contributed by atoms with Crippen LogP contribution < -0.4 is 10.1 Å². The predicted molar refractivity (Wildman–Crippen MR) is 134 cm³/mol. The normalized spacial score (nSPS) is 18.9. The van der Waals surface area contributed by atoms with Crippen molar-refractivity contribution in [2.45, 2.75) is 19.4 Å². The number of anilines is 1. The summed E-state index contributed by atoms with van der Waals surface area (Å²) in [5.74, 6) is -0.625. The molecule has 1 aliphatic heterocycles. The maximum absolute atomic E-state index is 13.2. The molecule has 3 aromatic rings. The van der Waals surface area contributed by atoms with Crippen LogP contribution in [0.2, 0.25) is 0 Å². The summed E-state index contributed by atoms with van der Waals surface area (Å²) in [5, 5.41) is 13.3. The first-order chi connectivity index (χ1) is 17.3. The molecule has 1 fully saturated rings. The van der Waals surface area contributed by atoms with Crippen LogP contribution in [0.3, 0.4) is 0 Å². The second-order valence-corrected chi connectivity index (χ2v) is 9.14. The van der Waals surface area contributed by atoms with Gasteiger partial charge < -0.3 is 19.9 Å². The van der Waals surface area contributed by atoms with Gasteiger partial charge in [-0.2, -0.15) is 5.26 Å². The minimum absolute atomic E-state index is 0.0762. The van der Waals surface area contributed by atoms with Crippen LogP contribution in [0.4, 0.5) is 5.69 Å². The van der Waals surface area contributed by atoms with E-state index in [0.29, 0.717) is 17.0 Å². The number of carbonyl (C=O) groups excluding carboxylic acids is 3. The minimum Gasteiger partial charge on any atom is -0.496 e. The number of likely N-dealkylation sites (N-methyl/N-ethyl adjacent to an activating group) is 1. The highest BCUT2D eigenvalue weighted by atomic mass is 16.5. The molecule has 1 aromatic heterocycles. The molecule has 184 valence electrons. The number of aromatic nitrogens is 1. The van der Waals surface area contributed by atoms with E-state index in [9.17, 15) is 19.6 Å². The van der Waals surface area contributed by atoms with Crippen LogP contribution in [0, 0.1) is 16.7 Å². The van der Waals surface area contributed by atoms with Crippen molar-refractivity contribution in [3.05, 3.63) is 66.4 Å². The van der Waals surface area contributed by atoms with Crippen LogP contribution >= 0.6 is 0 Å². The third kappa shape index (κ3) is 4.84. The van der Waals surface area contributed by atoms with Crippen LogP contribution in [-0.4, -0.2) is 65.8 Å². The number of nitrogens with zero attached hydrogens (tertiary/aromatic N) is 4. The topological polar surface area (TPSA) is 116 Å². The molecule has 1 N–H and O–H groups in total. The van der Waals surface area contributed by atoms with Crippen LogP contribution in [0.25, 0.3) is 10.9 Å². The van der Waals surface area contributed by atoms with Crippen molar-refractivity contribution in [2.75, 3.05) is 32.6 Å². The molecule has 0 spiro atoms. The Hall–Kier alpha value is -4.45. The lowest BCUT2D eigenvalue weighted by molar-refractivity contribution is -0.132. The van der Waals surface area contributed by atoms with Crippen molar-refractivity contribution < 1.29 is 19.1 Å². The van der Waals surface area contributed by atoms with Gasteiger partial charge in [0.05, 0.1) is 30.7 Å². The smallest absolute Gasteiger partial charge is 0.272 e. The fourth-order valence-electron chi connectivity index (χ4n) is 4.42. The summed E-state index contributed by atoms with van der Waals surface area (Å²) in [6, 6.07) is 19.2. The van der Waals surface area contributed by atoms with Crippen molar-refractivity contribution in [1.29, 1.82) is 5.26 Å². The van der Waals surface area contributed by atoms with Crippen LogP contribution in [0.1, 0.15) is 23.8 Å². The van der Waals surface area contributed by atoms with Gasteiger partial charge in [-0.3, -0.25) is 14.4 Å². The van der Waals surface area contributed by atoms with Gasteiger partial charge in [-0.25, -0.2) is 4.98 Å². The van der Waals surface area contributed by atoms with Gasteiger partial charge in [-0.05, 0) is 37.6 Å². The predicted octanol–water partition coefficient (Wildman–Crippen LogP) is 3.08. The van der Waals surface area contributed by atoms with Crippen LogP contribution in [0.5, 0.6) is 5.75 Å². The van der Waals surface area contributed by atoms with E-state index in [1.54, 1.807) is 31.2 Å². The lowest BCUT2D eigenvalue weighted by atomic mass is 9.87. The fraction of sp³-hybridized carbons (Fsp3) is 0.296. The molecule has 2 unspecified atom stereocenters. The first-order valence-electron chi connectivity index (χ1n) is 11.5. The van der Waals surface area contributed by atoms with Gasteiger partial charge in [0, 0.05) is 30.7 Å². The number of benzene rings is 2. The number of nitriles is 1. The molecule has 9 nitrogen and oxygen atoms in total. The van der Waals surface area contributed by atoms with E-state index in [4.69, 9.17) is 4.74 Å². The van der Waals surface area contributed by atoms with E-state index in [-0.39, 0.29) is 31.1 Å². The average Bonchev–Trinajstić information content (AvgIpc) is 3.26. The second kappa shape index (κ2) is 10.0. The number of para-hydroxylation sites is 2. The highest BCUT2D eigenvalue weighted by Gasteiger charge is 2.48. The summed E-state index contributed by atoms with van der Waals surface area (Å²) in [7, 11) is 3.02. The highest BCUT2D eigenvalue weighted by molar-refractivity contribution is 5.99. The average molecular weight is 486 g/mol. The maximum Gasteiger partial charge on any atom is 0.272 e. The quantitative estimate of drug-likeness (QED) is 0.574. The first kappa shape index (κ1) is 24.7. The molecule has 1 aliphatic rings. The van der Waals surface area contributed by atoms with E-state index < -0.39 is 23.3 Å². The third-order valence-electron chi connectivity index (χ3n) is 6.43. The van der Waals surface area contributed by atoms with E-state index >= 15 is 0 Å². The largest absolute Gasteiger partial charge is 0.496 e. The Morgan fingerprint density at radius 3 is 2.58 bits per heavy atom. The van der Waals surface area contributed by atoms with E-state index in [2.05, 4.69) is 16.4 Å². The van der Waals surface area contributed by atoms with E-state index in [1.165, 1.54) is 24.0 Å². The summed E-state index contributed by atoms with van der Waals surface area (Å²) in [6.45, 7) is 1.56. The molecule has 2 atom stereocenters. The molecular weight excluding hydrogens is 458 g/mol. The molecule has 2 heterocycles. The number of likely N-dealkylation sites (tertiary alicyclic amines) is 1. The Bertz CT molecular complexity index is 1350. The molecular formula is C27H27N5O4. The molecule has 0 aliphatic carbocycles. The molecule has 0 radical (unpaired) electrons. The van der Waals surface area contributed by atoms with Crippen LogP contribution in [0.15, 0.2) is 60.7 Å². The Kier molecular flexibility index (Phi) is 6.88. The van der Waals surface area contributed by atoms with Crippen molar-refractivity contribution in [2.24, 2.45) is 5.41 Å². The molecule has 2 aromatic carbocycles. The minimum atomic E-state index is -0.943. The molecule has 4 rings (SSSR count). The Balaban J connectivity index is 1.47. The van der Waals surface area contributed by atoms with Gasteiger partial charge in [0.1, 0.15) is 17.5 Å². The molecule has 0 saturated carbocycles. The number of nitrogens with one attached hydrogen (secondary N) is 1. The Morgan fingerprint density at radius 1 is 1.19 bits per heavy atom. The number of fused-ring (bicyclic) bond motifs is 1. The number of carbonyl (C=O) groups is 3. The Morgan fingerprint density at radius 2 is 1.89 bits per heavy atom. The molecule has 0 bridgehead atoms. The van der Waals surface area contributed by atoms with E-state index in [0.717, 1.165) is 5.39 Å². The molecule has 1 saturated heterocycles. The molecule has 9 heteroatoms. The number of amides is 3. The standard InChI is InChI=1S/C27H27N5O4/c1-27(26(35)29-18-9-5-4-6-10-18)14-19(15-28)32(17-27)24(33)16-31(2)25(34)22-13-23(36-3)20-11-7-8-12-21(20)30-22/h4-13,19H,14,16-17H2,1-3H3,(H,29,35). The van der Waals surface area contributed by atoms with Gasteiger partial charge in [0.15, 0.2) is 0 Å². The van der Waals surface area contributed by atoms with Crippen molar-refractivity contribution in [1.82, 2.24) is 14.8 Å². The fourth-order valence-corrected chi connectivity index (χ4v) is 4.42. The number of ether oxygens (including phenoxy) is 1. The number of methoxy groups -OCH3 is 1.